The van der Waals surface area contributed by atoms with E-state index in [2.05, 4.69) is 0 Å². The van der Waals surface area contributed by atoms with E-state index in [1.165, 1.54) is 21.3 Å². The molecule has 7 nitrogen and oxygen atoms in total. The number of benzene rings is 3. The fourth-order valence-corrected chi connectivity index (χ4v) is 5.11. The molecule has 2 atom stereocenters. The van der Waals surface area contributed by atoms with E-state index in [1.807, 2.05) is 60.7 Å². The van der Waals surface area contributed by atoms with Gasteiger partial charge in [-0.05, 0) is 55.4 Å². The number of rotatable bonds is 11. The van der Waals surface area contributed by atoms with Crippen LogP contribution in [-0.4, -0.2) is 50.7 Å². The third kappa shape index (κ3) is 6.78. The molecule has 1 saturated heterocycles. The summed E-state index contributed by atoms with van der Waals surface area (Å²) < 4.78 is 53.2. The molecule has 0 aliphatic carbocycles. The van der Waals surface area contributed by atoms with Crippen molar-refractivity contribution in [2.75, 3.05) is 27.9 Å². The fourth-order valence-electron chi connectivity index (χ4n) is 5.11. The minimum Gasteiger partial charge on any atom is -0.493 e. The van der Waals surface area contributed by atoms with Gasteiger partial charge in [0.05, 0.1) is 21.3 Å². The van der Waals surface area contributed by atoms with E-state index in [4.69, 9.17) is 18.9 Å². The second kappa shape index (κ2) is 13.5. The first-order valence-electron chi connectivity index (χ1n) is 13.6. The number of likely N-dealkylation sites (tertiary alicyclic amines) is 1. The third-order valence-corrected chi connectivity index (χ3v) is 7.30. The predicted octanol–water partition coefficient (Wildman–Crippen LogP) is 6.10. The Bertz CT molecular complexity index is 1290. The van der Waals surface area contributed by atoms with Gasteiger partial charge in [0.2, 0.25) is 5.75 Å². The highest BCUT2D eigenvalue weighted by molar-refractivity contribution is 5.90. The lowest BCUT2D eigenvalue weighted by Crippen LogP contribution is -2.53. The molecule has 1 fully saturated rings. The fraction of sp³-hybridized carbons (Fsp3) is 0.375. The van der Waals surface area contributed by atoms with Gasteiger partial charge in [-0.3, -0.25) is 4.79 Å². The molecule has 0 radical (unpaired) electrons. The van der Waals surface area contributed by atoms with Crippen molar-refractivity contribution >= 4 is 11.9 Å². The highest BCUT2D eigenvalue weighted by Gasteiger charge is 2.49. The van der Waals surface area contributed by atoms with Crippen LogP contribution in [0.5, 0.6) is 17.2 Å². The Morgan fingerprint density at radius 3 is 2.10 bits per heavy atom. The number of hydrogen-bond acceptors (Lipinski definition) is 6. The number of alkyl halides is 2. The van der Waals surface area contributed by atoms with E-state index in [0.29, 0.717) is 25.7 Å². The van der Waals surface area contributed by atoms with Crippen LogP contribution in [0.1, 0.15) is 48.5 Å². The Labute approximate surface area is 239 Å². The van der Waals surface area contributed by atoms with Crippen molar-refractivity contribution in [2.24, 2.45) is 0 Å². The van der Waals surface area contributed by atoms with Crippen molar-refractivity contribution in [2.45, 2.75) is 50.2 Å². The zero-order valence-electron chi connectivity index (χ0n) is 23.5. The molecule has 1 aliphatic rings. The lowest BCUT2D eigenvalue weighted by Gasteiger charge is -2.37. The summed E-state index contributed by atoms with van der Waals surface area (Å²) in [6, 6.07) is 20.1. The molecule has 2 unspecified atom stereocenters. The quantitative estimate of drug-likeness (QED) is 0.261. The Balaban J connectivity index is 1.57. The molecular formula is C32H35F2NO6. The maximum atomic E-state index is 15.8. The molecule has 1 heterocycles. The molecule has 218 valence electrons. The van der Waals surface area contributed by atoms with Gasteiger partial charge in [-0.15, -0.1) is 0 Å². The van der Waals surface area contributed by atoms with Crippen LogP contribution < -0.4 is 14.2 Å². The van der Waals surface area contributed by atoms with E-state index >= 15 is 8.78 Å². The van der Waals surface area contributed by atoms with Gasteiger partial charge in [-0.1, -0.05) is 60.7 Å². The number of ether oxygens (including phenoxy) is 4. The van der Waals surface area contributed by atoms with Crippen LogP contribution in [0.15, 0.2) is 72.8 Å². The maximum Gasteiger partial charge on any atom is 0.350 e. The molecule has 9 heteroatoms. The summed E-state index contributed by atoms with van der Waals surface area (Å²) in [5, 5.41) is 0. The predicted molar refractivity (Wildman–Crippen MR) is 149 cm³/mol. The van der Waals surface area contributed by atoms with Crippen LogP contribution in [-0.2, 0) is 26.7 Å². The molecule has 0 saturated carbocycles. The van der Waals surface area contributed by atoms with Crippen LogP contribution in [0.25, 0.3) is 0 Å². The maximum absolute atomic E-state index is 15.8. The van der Waals surface area contributed by atoms with Gasteiger partial charge >= 0.3 is 11.9 Å². The Morgan fingerprint density at radius 2 is 1.51 bits per heavy atom. The molecule has 3 aromatic rings. The summed E-state index contributed by atoms with van der Waals surface area (Å²) in [4.78, 5) is 27.9. The van der Waals surface area contributed by atoms with E-state index in [9.17, 15) is 9.59 Å². The number of piperidine rings is 1. The summed E-state index contributed by atoms with van der Waals surface area (Å²) in [5.41, 5.74) is 1.26. The van der Waals surface area contributed by atoms with Crippen molar-refractivity contribution < 1.29 is 37.3 Å². The zero-order chi connectivity index (χ0) is 29.4. The molecule has 3 aromatic carbocycles. The average molecular weight is 568 g/mol. The number of carbonyl (C=O) groups excluding carboxylic acids is 2. The number of esters is 1. The lowest BCUT2D eigenvalue weighted by atomic mass is 9.98. The van der Waals surface area contributed by atoms with Gasteiger partial charge in [0.15, 0.2) is 11.5 Å². The van der Waals surface area contributed by atoms with Crippen molar-refractivity contribution in [1.82, 2.24) is 4.90 Å². The van der Waals surface area contributed by atoms with Crippen LogP contribution in [0.3, 0.4) is 0 Å². The van der Waals surface area contributed by atoms with Crippen molar-refractivity contribution in [1.29, 1.82) is 0 Å². The molecule has 0 bridgehead atoms. The number of hydrogen-bond donors (Lipinski definition) is 0. The minimum absolute atomic E-state index is 0.00644. The SMILES string of the molecule is COc1cc(C(F)(F)C(=O)N2CCCCC2C(=O)OC(CCc2ccccc2)c2ccccc2)cc(OC)c1OC. The second-order valence-electron chi connectivity index (χ2n) is 9.86. The Hall–Kier alpha value is -4.14. The van der Waals surface area contributed by atoms with E-state index < -0.39 is 35.5 Å². The summed E-state index contributed by atoms with van der Waals surface area (Å²) >= 11 is 0. The summed E-state index contributed by atoms with van der Waals surface area (Å²) in [7, 11) is 3.97. The van der Waals surface area contributed by atoms with Gasteiger partial charge in [-0.2, -0.15) is 8.78 Å². The van der Waals surface area contributed by atoms with Gasteiger partial charge < -0.3 is 23.8 Å². The highest BCUT2D eigenvalue weighted by atomic mass is 19.3. The summed E-state index contributed by atoms with van der Waals surface area (Å²) in [6.45, 7) is 0.0125. The number of aryl methyl sites for hydroxylation is 1. The average Bonchev–Trinajstić information content (AvgIpc) is 3.02. The molecule has 1 aliphatic heterocycles. The molecule has 1 amide bonds. The number of nitrogens with zero attached hydrogens (tertiary/aromatic N) is 1. The van der Waals surface area contributed by atoms with Gasteiger partial charge in [-0.25, -0.2) is 4.79 Å². The molecular weight excluding hydrogens is 532 g/mol. The number of amides is 1. The smallest absolute Gasteiger partial charge is 0.350 e. The molecule has 0 aromatic heterocycles. The van der Waals surface area contributed by atoms with Crippen LogP contribution in [0, 0.1) is 0 Å². The lowest BCUT2D eigenvalue weighted by molar-refractivity contribution is -0.173. The highest BCUT2D eigenvalue weighted by Crippen LogP contribution is 2.43. The molecule has 0 N–H and O–H groups in total. The van der Waals surface area contributed by atoms with Gasteiger partial charge in [0, 0.05) is 12.1 Å². The van der Waals surface area contributed by atoms with Crippen molar-refractivity contribution in [3.05, 3.63) is 89.5 Å². The second-order valence-corrected chi connectivity index (χ2v) is 9.86. The Morgan fingerprint density at radius 1 is 0.902 bits per heavy atom. The monoisotopic (exact) mass is 567 g/mol. The molecule has 41 heavy (non-hydrogen) atoms. The normalized spacial score (nSPS) is 16.0. The van der Waals surface area contributed by atoms with E-state index in [1.54, 1.807) is 0 Å². The van der Waals surface area contributed by atoms with Gasteiger partial charge in [0.25, 0.3) is 5.91 Å². The van der Waals surface area contributed by atoms with E-state index in [-0.39, 0.29) is 30.2 Å². The van der Waals surface area contributed by atoms with E-state index in [0.717, 1.165) is 28.2 Å². The standard InChI is InChI=1S/C32H35F2NO6/c1-38-27-20-24(21-28(39-2)29(27)40-3)32(33,34)31(37)35-19-11-10-16-25(35)30(36)41-26(23-14-8-5-9-15-23)18-17-22-12-6-4-7-13-22/h4-9,12-15,20-21,25-26H,10-11,16-19H2,1-3H3. The zero-order valence-corrected chi connectivity index (χ0v) is 23.5. The number of carbonyl (C=O) groups is 2. The summed E-state index contributed by atoms with van der Waals surface area (Å²) in [6.07, 6.45) is 1.90. The van der Waals surface area contributed by atoms with Gasteiger partial charge in [0.1, 0.15) is 12.1 Å². The number of methoxy groups -OCH3 is 3. The van der Waals surface area contributed by atoms with Crippen LogP contribution in [0.2, 0.25) is 0 Å². The van der Waals surface area contributed by atoms with Crippen LogP contribution >= 0.6 is 0 Å². The van der Waals surface area contributed by atoms with Crippen LogP contribution in [0.4, 0.5) is 8.78 Å². The first kappa shape index (κ1) is 29.8. The third-order valence-electron chi connectivity index (χ3n) is 7.30. The van der Waals surface area contributed by atoms with Crippen molar-refractivity contribution in [3.63, 3.8) is 0 Å². The number of halogens is 2. The summed E-state index contributed by atoms with van der Waals surface area (Å²) in [5.74, 6) is -6.02. The first-order chi connectivity index (χ1) is 19.8. The Kier molecular flexibility index (Phi) is 9.81. The minimum atomic E-state index is -3.96. The molecule has 0 spiro atoms. The topological polar surface area (TPSA) is 74.3 Å². The van der Waals surface area contributed by atoms with Crippen molar-refractivity contribution in [3.8, 4) is 17.2 Å². The largest absolute Gasteiger partial charge is 0.493 e. The molecule has 4 rings (SSSR count). The first-order valence-corrected chi connectivity index (χ1v) is 13.6.